The largest absolute Gasteiger partial charge is 0.497 e. The van der Waals surface area contributed by atoms with Crippen LogP contribution in [0.1, 0.15) is 11.3 Å². The lowest BCUT2D eigenvalue weighted by molar-refractivity contribution is -0.0755. The quantitative estimate of drug-likeness (QED) is 0.646. The van der Waals surface area contributed by atoms with Gasteiger partial charge in [0.1, 0.15) is 11.5 Å². The summed E-state index contributed by atoms with van der Waals surface area (Å²) in [7, 11) is 3.33. The second-order valence-electron chi connectivity index (χ2n) is 7.06. The highest BCUT2D eigenvalue weighted by molar-refractivity contribution is 5.58. The number of methoxy groups -OCH3 is 2. The van der Waals surface area contributed by atoms with Crippen molar-refractivity contribution < 1.29 is 18.7 Å². The van der Waals surface area contributed by atoms with Gasteiger partial charge in [-0.15, -0.1) is 0 Å². The zero-order chi connectivity index (χ0) is 19.4. The molecular weight excluding hydrogens is 356 g/mol. The molecule has 2 aromatic carbocycles. The maximum atomic E-state index is 5.55. The van der Waals surface area contributed by atoms with Crippen LogP contribution >= 0.6 is 0 Å². The number of ether oxygens (including phenoxy) is 3. The van der Waals surface area contributed by atoms with Gasteiger partial charge in [0, 0.05) is 24.6 Å². The molecule has 1 N–H and O–H groups in total. The van der Waals surface area contributed by atoms with Gasteiger partial charge < -0.3 is 24.1 Å². The zero-order valence-corrected chi connectivity index (χ0v) is 16.1. The summed E-state index contributed by atoms with van der Waals surface area (Å²) < 4.78 is 21.5. The molecule has 1 fully saturated rings. The van der Waals surface area contributed by atoms with Crippen LogP contribution in [0.5, 0.6) is 11.5 Å². The molecular formula is C22H24N2O4. The van der Waals surface area contributed by atoms with E-state index in [1.807, 2.05) is 42.5 Å². The van der Waals surface area contributed by atoms with E-state index in [-0.39, 0.29) is 5.54 Å². The molecule has 1 aliphatic heterocycles. The van der Waals surface area contributed by atoms with Gasteiger partial charge in [-0.05, 0) is 42.0 Å². The number of rotatable bonds is 8. The van der Waals surface area contributed by atoms with Crippen LogP contribution in [-0.4, -0.2) is 38.1 Å². The Morgan fingerprint density at radius 3 is 2.18 bits per heavy atom. The molecule has 0 bridgehead atoms. The molecule has 6 heteroatoms. The van der Waals surface area contributed by atoms with Crippen molar-refractivity contribution in [1.82, 2.24) is 10.5 Å². The van der Waals surface area contributed by atoms with Gasteiger partial charge >= 0.3 is 0 Å². The fraction of sp³-hybridized carbons (Fsp3) is 0.318. The third-order valence-corrected chi connectivity index (χ3v) is 5.04. The topological polar surface area (TPSA) is 65.8 Å². The van der Waals surface area contributed by atoms with Gasteiger partial charge in [0.05, 0.1) is 38.7 Å². The Bertz CT molecular complexity index is 899. The van der Waals surface area contributed by atoms with E-state index in [4.69, 9.17) is 18.7 Å². The first-order valence-corrected chi connectivity index (χ1v) is 9.25. The summed E-state index contributed by atoms with van der Waals surface area (Å²) in [4.78, 5) is 0. The van der Waals surface area contributed by atoms with Gasteiger partial charge in [0.15, 0.2) is 5.76 Å². The van der Waals surface area contributed by atoms with Crippen molar-refractivity contribution in [1.29, 1.82) is 0 Å². The van der Waals surface area contributed by atoms with Crippen LogP contribution in [0, 0.1) is 0 Å². The monoisotopic (exact) mass is 380 g/mol. The number of nitrogens with one attached hydrogen (secondary N) is 1. The van der Waals surface area contributed by atoms with Crippen LogP contribution in [0.25, 0.3) is 11.3 Å². The fourth-order valence-electron chi connectivity index (χ4n) is 3.28. The van der Waals surface area contributed by atoms with Crippen molar-refractivity contribution in [2.75, 3.05) is 27.4 Å². The third-order valence-electron chi connectivity index (χ3n) is 5.04. The van der Waals surface area contributed by atoms with Gasteiger partial charge in [0.25, 0.3) is 0 Å². The smallest absolute Gasteiger partial charge is 0.167 e. The van der Waals surface area contributed by atoms with E-state index in [0.29, 0.717) is 13.2 Å². The number of hydrogen-bond donors (Lipinski definition) is 1. The molecule has 0 aliphatic carbocycles. The number of benzene rings is 2. The second kappa shape index (κ2) is 8.04. The van der Waals surface area contributed by atoms with Crippen LogP contribution in [0.3, 0.4) is 0 Å². The van der Waals surface area contributed by atoms with Crippen molar-refractivity contribution in [3.63, 3.8) is 0 Å². The Balaban J connectivity index is 1.40. The van der Waals surface area contributed by atoms with Crippen LogP contribution in [-0.2, 0) is 17.7 Å². The summed E-state index contributed by atoms with van der Waals surface area (Å²) in [5, 5.41) is 7.90. The summed E-state index contributed by atoms with van der Waals surface area (Å²) >= 11 is 0. The SMILES string of the molecule is COc1ccc(CNC2(Cc3cc(-c4ccc(OC)cc4)on3)COC2)cc1. The van der Waals surface area contributed by atoms with Gasteiger partial charge in [-0.2, -0.15) is 0 Å². The first-order valence-electron chi connectivity index (χ1n) is 9.25. The van der Waals surface area contributed by atoms with Gasteiger partial charge in [-0.25, -0.2) is 0 Å². The number of hydrogen-bond acceptors (Lipinski definition) is 6. The molecule has 28 heavy (non-hydrogen) atoms. The molecule has 2 heterocycles. The first kappa shape index (κ1) is 18.5. The van der Waals surface area contributed by atoms with Crippen molar-refractivity contribution in [3.8, 4) is 22.8 Å². The summed E-state index contributed by atoms with van der Waals surface area (Å²) in [5.74, 6) is 2.43. The summed E-state index contributed by atoms with van der Waals surface area (Å²) in [6, 6.07) is 17.8. The normalized spacial score (nSPS) is 15.1. The molecule has 146 valence electrons. The maximum Gasteiger partial charge on any atom is 0.167 e. The first-order chi connectivity index (χ1) is 13.7. The van der Waals surface area contributed by atoms with E-state index < -0.39 is 0 Å². The zero-order valence-electron chi connectivity index (χ0n) is 16.1. The Morgan fingerprint density at radius 1 is 0.964 bits per heavy atom. The Labute approximate surface area is 164 Å². The van der Waals surface area contributed by atoms with Crippen molar-refractivity contribution in [2.45, 2.75) is 18.5 Å². The average Bonchev–Trinajstić information content (AvgIpc) is 3.19. The Kier molecular flexibility index (Phi) is 5.32. The van der Waals surface area contributed by atoms with Gasteiger partial charge in [0.2, 0.25) is 0 Å². The lowest BCUT2D eigenvalue weighted by Gasteiger charge is -2.42. The van der Waals surface area contributed by atoms with Gasteiger partial charge in [-0.3, -0.25) is 0 Å². The molecule has 3 aromatic rings. The molecule has 4 rings (SSSR count). The van der Waals surface area contributed by atoms with E-state index in [9.17, 15) is 0 Å². The summed E-state index contributed by atoms with van der Waals surface area (Å²) in [5.41, 5.74) is 2.97. The van der Waals surface area contributed by atoms with Crippen LogP contribution < -0.4 is 14.8 Å². The number of nitrogens with zero attached hydrogens (tertiary/aromatic N) is 1. The molecule has 6 nitrogen and oxygen atoms in total. The number of aromatic nitrogens is 1. The van der Waals surface area contributed by atoms with Crippen LogP contribution in [0.2, 0.25) is 0 Å². The molecule has 0 atom stereocenters. The van der Waals surface area contributed by atoms with Crippen molar-refractivity contribution in [3.05, 3.63) is 65.9 Å². The van der Waals surface area contributed by atoms with Crippen LogP contribution in [0.15, 0.2) is 59.1 Å². The second-order valence-corrected chi connectivity index (χ2v) is 7.06. The third kappa shape index (κ3) is 4.03. The molecule has 1 aliphatic rings. The highest BCUT2D eigenvalue weighted by atomic mass is 16.5. The molecule has 0 radical (unpaired) electrons. The van der Waals surface area contributed by atoms with E-state index in [2.05, 4.69) is 22.6 Å². The van der Waals surface area contributed by atoms with E-state index in [0.717, 1.165) is 41.5 Å². The standard InChI is InChI=1S/C22H24N2O4/c1-25-19-7-3-16(4-8-19)13-23-22(14-27-15-22)12-18-11-21(28-24-18)17-5-9-20(26-2)10-6-17/h3-11,23H,12-15H2,1-2H3. The van der Waals surface area contributed by atoms with E-state index in [1.54, 1.807) is 14.2 Å². The highest BCUT2D eigenvalue weighted by Crippen LogP contribution is 2.27. The minimum Gasteiger partial charge on any atom is -0.497 e. The van der Waals surface area contributed by atoms with E-state index >= 15 is 0 Å². The lowest BCUT2D eigenvalue weighted by atomic mass is 9.90. The highest BCUT2D eigenvalue weighted by Gasteiger charge is 2.39. The summed E-state index contributed by atoms with van der Waals surface area (Å²) in [6.45, 7) is 2.08. The molecule has 0 unspecified atom stereocenters. The maximum absolute atomic E-state index is 5.55. The van der Waals surface area contributed by atoms with Crippen molar-refractivity contribution >= 4 is 0 Å². The molecule has 0 spiro atoms. The molecule has 1 saturated heterocycles. The fourth-order valence-corrected chi connectivity index (χ4v) is 3.28. The predicted molar refractivity (Wildman–Crippen MR) is 106 cm³/mol. The minimum atomic E-state index is -0.117. The molecule has 0 amide bonds. The van der Waals surface area contributed by atoms with Crippen molar-refractivity contribution in [2.24, 2.45) is 0 Å². The van der Waals surface area contributed by atoms with Gasteiger partial charge in [-0.1, -0.05) is 17.3 Å². The Hall–Kier alpha value is -2.83. The molecule has 0 saturated carbocycles. The van der Waals surface area contributed by atoms with Crippen LogP contribution in [0.4, 0.5) is 0 Å². The lowest BCUT2D eigenvalue weighted by Crippen LogP contribution is -2.61. The minimum absolute atomic E-state index is 0.117. The molecule has 1 aromatic heterocycles. The predicted octanol–water partition coefficient (Wildman–Crippen LogP) is 3.46. The van der Waals surface area contributed by atoms with E-state index in [1.165, 1.54) is 5.56 Å². The summed E-state index contributed by atoms with van der Waals surface area (Å²) in [6.07, 6.45) is 0.753. The Morgan fingerprint density at radius 2 is 1.61 bits per heavy atom. The average molecular weight is 380 g/mol.